The summed E-state index contributed by atoms with van der Waals surface area (Å²) in [4.78, 5) is 12.3. The molecule has 0 heterocycles. The third-order valence-electron chi connectivity index (χ3n) is 3.58. The van der Waals surface area contributed by atoms with E-state index >= 15 is 0 Å². The van der Waals surface area contributed by atoms with Crippen molar-refractivity contribution >= 4 is 16.6 Å². The first-order valence-corrected chi connectivity index (χ1v) is 6.38. The Hall–Kier alpha value is -1.83. The lowest BCUT2D eigenvalue weighted by Gasteiger charge is -2.09. The maximum atomic E-state index is 12.3. The Bertz CT molecular complexity index is 597. The monoisotopic (exact) mass is 240 g/mol. The van der Waals surface area contributed by atoms with Crippen molar-refractivity contribution in [1.29, 1.82) is 0 Å². The SMILES string of the molecule is COc1ccc(C(=O)CC2CC2)c2ccccc12. The predicted octanol–water partition coefficient (Wildman–Crippen LogP) is 3.83. The van der Waals surface area contributed by atoms with Crippen LogP contribution in [0.1, 0.15) is 29.6 Å². The molecule has 18 heavy (non-hydrogen) atoms. The fourth-order valence-electron chi connectivity index (χ4n) is 2.39. The largest absolute Gasteiger partial charge is 0.496 e. The van der Waals surface area contributed by atoms with Gasteiger partial charge in [-0.25, -0.2) is 0 Å². The minimum atomic E-state index is 0.261. The molecule has 0 atom stereocenters. The molecule has 2 heteroatoms. The second-order valence-corrected chi connectivity index (χ2v) is 4.93. The maximum absolute atomic E-state index is 12.3. The minimum Gasteiger partial charge on any atom is -0.496 e. The van der Waals surface area contributed by atoms with E-state index in [0.717, 1.165) is 22.1 Å². The maximum Gasteiger partial charge on any atom is 0.163 e. The molecular formula is C16H16O2. The van der Waals surface area contributed by atoms with Crippen molar-refractivity contribution in [2.24, 2.45) is 5.92 Å². The molecule has 0 bridgehead atoms. The van der Waals surface area contributed by atoms with Crippen LogP contribution in [0, 0.1) is 5.92 Å². The van der Waals surface area contributed by atoms with Crippen LogP contribution in [-0.2, 0) is 0 Å². The first-order valence-electron chi connectivity index (χ1n) is 6.38. The van der Waals surface area contributed by atoms with Crippen molar-refractivity contribution in [3.63, 3.8) is 0 Å². The van der Waals surface area contributed by atoms with Crippen LogP contribution in [-0.4, -0.2) is 12.9 Å². The summed E-state index contributed by atoms with van der Waals surface area (Å²) in [7, 11) is 1.66. The smallest absolute Gasteiger partial charge is 0.163 e. The molecule has 0 aromatic heterocycles. The lowest BCUT2D eigenvalue weighted by atomic mass is 9.98. The van der Waals surface area contributed by atoms with Crippen LogP contribution < -0.4 is 4.74 Å². The molecule has 0 aliphatic heterocycles. The zero-order valence-electron chi connectivity index (χ0n) is 10.5. The summed E-state index contributed by atoms with van der Waals surface area (Å²) in [5, 5.41) is 2.02. The first-order chi connectivity index (χ1) is 8.79. The van der Waals surface area contributed by atoms with Crippen LogP contribution >= 0.6 is 0 Å². The van der Waals surface area contributed by atoms with Gasteiger partial charge in [0.25, 0.3) is 0 Å². The molecule has 1 aliphatic rings. The molecule has 0 amide bonds. The van der Waals surface area contributed by atoms with Crippen molar-refractivity contribution in [2.45, 2.75) is 19.3 Å². The molecule has 0 saturated heterocycles. The van der Waals surface area contributed by atoms with E-state index in [9.17, 15) is 4.79 Å². The van der Waals surface area contributed by atoms with E-state index in [-0.39, 0.29) is 5.78 Å². The molecule has 1 fully saturated rings. The second kappa shape index (κ2) is 4.45. The van der Waals surface area contributed by atoms with E-state index in [1.165, 1.54) is 12.8 Å². The summed E-state index contributed by atoms with van der Waals surface area (Å²) in [5.41, 5.74) is 0.832. The van der Waals surface area contributed by atoms with Crippen molar-refractivity contribution < 1.29 is 9.53 Å². The summed E-state index contributed by atoms with van der Waals surface area (Å²) in [5.74, 6) is 1.71. The van der Waals surface area contributed by atoms with E-state index in [0.29, 0.717) is 12.3 Å². The van der Waals surface area contributed by atoms with Gasteiger partial charge in [-0.2, -0.15) is 0 Å². The van der Waals surface area contributed by atoms with Crippen LogP contribution in [0.5, 0.6) is 5.75 Å². The normalized spacial score (nSPS) is 14.7. The van der Waals surface area contributed by atoms with Gasteiger partial charge in [-0.15, -0.1) is 0 Å². The number of hydrogen-bond acceptors (Lipinski definition) is 2. The Labute approximate surface area is 107 Å². The average Bonchev–Trinajstić information content (AvgIpc) is 3.21. The first kappa shape index (κ1) is 11.3. The summed E-state index contributed by atoms with van der Waals surface area (Å²) >= 11 is 0. The standard InChI is InChI=1S/C16H16O2/c1-18-16-9-8-13(15(17)10-11-6-7-11)12-4-2-3-5-14(12)16/h2-5,8-9,11H,6-7,10H2,1H3. The van der Waals surface area contributed by atoms with Crippen LogP contribution in [0.15, 0.2) is 36.4 Å². The molecule has 0 spiro atoms. The number of ketones is 1. The van der Waals surface area contributed by atoms with Gasteiger partial charge >= 0.3 is 0 Å². The Kier molecular flexibility index (Phi) is 2.78. The Morgan fingerprint density at radius 3 is 2.56 bits per heavy atom. The van der Waals surface area contributed by atoms with E-state index < -0.39 is 0 Å². The number of benzene rings is 2. The van der Waals surface area contributed by atoms with Crippen LogP contribution in [0.3, 0.4) is 0 Å². The molecule has 2 aromatic rings. The highest BCUT2D eigenvalue weighted by atomic mass is 16.5. The summed E-state index contributed by atoms with van der Waals surface area (Å²) < 4.78 is 5.34. The van der Waals surface area contributed by atoms with Gasteiger partial charge in [0.15, 0.2) is 5.78 Å². The summed E-state index contributed by atoms with van der Waals surface area (Å²) in [6.07, 6.45) is 3.11. The Morgan fingerprint density at radius 1 is 1.17 bits per heavy atom. The number of fused-ring (bicyclic) bond motifs is 1. The summed E-state index contributed by atoms with van der Waals surface area (Å²) in [6.45, 7) is 0. The number of ether oxygens (including phenoxy) is 1. The highest BCUT2D eigenvalue weighted by Gasteiger charge is 2.25. The average molecular weight is 240 g/mol. The van der Waals surface area contributed by atoms with E-state index in [1.54, 1.807) is 7.11 Å². The molecular weight excluding hydrogens is 224 g/mol. The van der Waals surface area contributed by atoms with E-state index in [2.05, 4.69) is 0 Å². The topological polar surface area (TPSA) is 26.3 Å². The van der Waals surface area contributed by atoms with Crippen molar-refractivity contribution in [3.05, 3.63) is 42.0 Å². The highest BCUT2D eigenvalue weighted by molar-refractivity contribution is 6.09. The number of rotatable bonds is 4. The molecule has 0 radical (unpaired) electrons. The van der Waals surface area contributed by atoms with Crippen molar-refractivity contribution in [1.82, 2.24) is 0 Å². The zero-order valence-corrected chi connectivity index (χ0v) is 10.5. The van der Waals surface area contributed by atoms with Crippen LogP contribution in [0.2, 0.25) is 0 Å². The van der Waals surface area contributed by atoms with Gasteiger partial charge in [-0.3, -0.25) is 4.79 Å². The fraction of sp³-hybridized carbons (Fsp3) is 0.312. The lowest BCUT2D eigenvalue weighted by Crippen LogP contribution is -2.01. The second-order valence-electron chi connectivity index (χ2n) is 4.93. The van der Waals surface area contributed by atoms with Gasteiger partial charge in [0.1, 0.15) is 5.75 Å². The number of carbonyl (C=O) groups excluding carboxylic acids is 1. The van der Waals surface area contributed by atoms with Crippen LogP contribution in [0.4, 0.5) is 0 Å². The number of hydrogen-bond donors (Lipinski definition) is 0. The van der Waals surface area contributed by atoms with Gasteiger partial charge < -0.3 is 4.74 Å². The van der Waals surface area contributed by atoms with Crippen molar-refractivity contribution in [2.75, 3.05) is 7.11 Å². The Balaban J connectivity index is 2.08. The van der Waals surface area contributed by atoms with Crippen molar-refractivity contribution in [3.8, 4) is 5.75 Å². The number of Topliss-reactive ketones (excluding diaryl/α,β-unsaturated/α-hetero) is 1. The molecule has 1 aliphatic carbocycles. The molecule has 0 unspecified atom stereocenters. The van der Waals surface area contributed by atoms with Crippen LogP contribution in [0.25, 0.3) is 10.8 Å². The minimum absolute atomic E-state index is 0.261. The third-order valence-corrected chi connectivity index (χ3v) is 3.58. The molecule has 92 valence electrons. The number of carbonyl (C=O) groups is 1. The zero-order chi connectivity index (χ0) is 12.5. The van der Waals surface area contributed by atoms with Gasteiger partial charge in [-0.05, 0) is 36.3 Å². The molecule has 3 rings (SSSR count). The summed E-state index contributed by atoms with van der Waals surface area (Å²) in [6, 6.07) is 11.7. The quantitative estimate of drug-likeness (QED) is 0.759. The predicted molar refractivity (Wildman–Crippen MR) is 72.2 cm³/mol. The fourth-order valence-corrected chi connectivity index (χ4v) is 2.39. The highest BCUT2D eigenvalue weighted by Crippen LogP contribution is 2.35. The Morgan fingerprint density at radius 2 is 1.89 bits per heavy atom. The molecule has 2 aromatic carbocycles. The van der Waals surface area contributed by atoms with Gasteiger partial charge in [0.2, 0.25) is 0 Å². The molecule has 0 N–H and O–H groups in total. The van der Waals surface area contributed by atoms with Gasteiger partial charge in [0.05, 0.1) is 7.11 Å². The lowest BCUT2D eigenvalue weighted by molar-refractivity contribution is 0.0977. The molecule has 1 saturated carbocycles. The third kappa shape index (κ3) is 1.99. The molecule has 2 nitrogen and oxygen atoms in total. The van der Waals surface area contributed by atoms with E-state index in [4.69, 9.17) is 4.74 Å². The van der Waals surface area contributed by atoms with Gasteiger partial charge in [-0.1, -0.05) is 24.3 Å². The van der Waals surface area contributed by atoms with Gasteiger partial charge in [0, 0.05) is 17.4 Å². The van der Waals surface area contributed by atoms with E-state index in [1.807, 2.05) is 36.4 Å². The number of methoxy groups -OCH3 is 1.